The molecular formula is C21H30N4O3S. The highest BCUT2D eigenvalue weighted by atomic mass is 32.2. The highest BCUT2D eigenvalue weighted by molar-refractivity contribution is 7.89. The van der Waals surface area contributed by atoms with Gasteiger partial charge in [0.1, 0.15) is 4.90 Å². The molecule has 1 amide bonds. The molecule has 2 heterocycles. The number of nitrogens with zero attached hydrogens (tertiary/aromatic N) is 4. The summed E-state index contributed by atoms with van der Waals surface area (Å²) in [7, 11) is -3.64. The van der Waals surface area contributed by atoms with Crippen molar-refractivity contribution in [3.63, 3.8) is 0 Å². The lowest BCUT2D eigenvalue weighted by atomic mass is 10.1. The maximum absolute atomic E-state index is 13.2. The first-order valence-electron chi connectivity index (χ1n) is 10.0. The van der Waals surface area contributed by atoms with Gasteiger partial charge in [0, 0.05) is 32.2 Å². The molecule has 3 rings (SSSR count). The third-order valence-electron chi connectivity index (χ3n) is 5.41. The molecular weight excluding hydrogens is 388 g/mol. The van der Waals surface area contributed by atoms with Crippen LogP contribution < -0.4 is 0 Å². The number of benzene rings is 1. The molecule has 29 heavy (non-hydrogen) atoms. The van der Waals surface area contributed by atoms with Crippen molar-refractivity contribution in [2.24, 2.45) is 0 Å². The first kappa shape index (κ1) is 21.5. The standard InChI is InChI=1S/C21H30N4O3S/c1-15(2)25-18(5)21(17(4)22-25)29(27,28)24-12-10-23(11-13-24)20(26)14-19-8-6-16(3)7-9-19/h6-9,15H,10-14H2,1-5H3. The summed E-state index contributed by atoms with van der Waals surface area (Å²) in [6.07, 6.45) is 0.340. The van der Waals surface area contributed by atoms with Gasteiger partial charge in [0.25, 0.3) is 0 Å². The van der Waals surface area contributed by atoms with Crippen LogP contribution in [0.15, 0.2) is 29.2 Å². The highest BCUT2D eigenvalue weighted by Crippen LogP contribution is 2.26. The summed E-state index contributed by atoms with van der Waals surface area (Å²) in [4.78, 5) is 14.7. The Balaban J connectivity index is 1.68. The minimum absolute atomic E-state index is 0.0332. The molecule has 0 atom stereocenters. The van der Waals surface area contributed by atoms with Gasteiger partial charge < -0.3 is 4.90 Å². The number of hydrogen-bond donors (Lipinski definition) is 0. The van der Waals surface area contributed by atoms with Crippen molar-refractivity contribution < 1.29 is 13.2 Å². The Morgan fingerprint density at radius 2 is 1.62 bits per heavy atom. The largest absolute Gasteiger partial charge is 0.340 e. The van der Waals surface area contributed by atoms with Crippen LogP contribution in [0.1, 0.15) is 42.4 Å². The predicted octanol–water partition coefficient (Wildman–Crippen LogP) is 2.46. The quantitative estimate of drug-likeness (QED) is 0.748. The highest BCUT2D eigenvalue weighted by Gasteiger charge is 2.34. The van der Waals surface area contributed by atoms with Crippen LogP contribution in [-0.4, -0.2) is 59.5 Å². The second-order valence-electron chi connectivity index (χ2n) is 7.99. The van der Waals surface area contributed by atoms with E-state index in [1.54, 1.807) is 23.4 Å². The van der Waals surface area contributed by atoms with Crippen molar-refractivity contribution in [3.8, 4) is 0 Å². The summed E-state index contributed by atoms with van der Waals surface area (Å²) in [5, 5.41) is 4.41. The number of carbonyl (C=O) groups is 1. The molecule has 1 aliphatic rings. The van der Waals surface area contributed by atoms with Crippen LogP contribution in [0.25, 0.3) is 0 Å². The molecule has 0 aliphatic carbocycles. The topological polar surface area (TPSA) is 75.5 Å². The smallest absolute Gasteiger partial charge is 0.246 e. The predicted molar refractivity (Wildman–Crippen MR) is 112 cm³/mol. The number of rotatable bonds is 5. The molecule has 1 saturated heterocycles. The van der Waals surface area contributed by atoms with E-state index in [1.807, 2.05) is 45.0 Å². The Hall–Kier alpha value is -2.19. The zero-order valence-corrected chi connectivity index (χ0v) is 18.7. The molecule has 1 aromatic carbocycles. The van der Waals surface area contributed by atoms with E-state index in [4.69, 9.17) is 0 Å². The normalized spacial score (nSPS) is 15.9. The van der Waals surface area contributed by atoms with Gasteiger partial charge in [-0.3, -0.25) is 9.48 Å². The minimum atomic E-state index is -3.64. The Morgan fingerprint density at radius 1 is 1.03 bits per heavy atom. The molecule has 7 nitrogen and oxygen atoms in total. The van der Waals surface area contributed by atoms with Crippen LogP contribution in [0.3, 0.4) is 0 Å². The average molecular weight is 419 g/mol. The second kappa shape index (κ2) is 8.28. The first-order chi connectivity index (χ1) is 13.6. The molecule has 2 aromatic rings. The molecule has 0 spiro atoms. The summed E-state index contributed by atoms with van der Waals surface area (Å²) in [6, 6.07) is 8.01. The molecule has 0 N–H and O–H groups in total. The number of aryl methyl sites for hydroxylation is 2. The van der Waals surface area contributed by atoms with E-state index in [2.05, 4.69) is 5.10 Å². The SMILES string of the molecule is Cc1ccc(CC(=O)N2CCN(S(=O)(=O)c3c(C)nn(C(C)C)c3C)CC2)cc1. The number of hydrogen-bond acceptors (Lipinski definition) is 4. The number of amides is 1. The molecule has 8 heteroatoms. The minimum Gasteiger partial charge on any atom is -0.340 e. The lowest BCUT2D eigenvalue weighted by Crippen LogP contribution is -2.51. The van der Waals surface area contributed by atoms with E-state index in [0.717, 1.165) is 11.1 Å². The van der Waals surface area contributed by atoms with Gasteiger partial charge in [-0.15, -0.1) is 0 Å². The third kappa shape index (κ3) is 4.38. The van der Waals surface area contributed by atoms with Gasteiger partial charge >= 0.3 is 0 Å². The Labute approximate surface area is 173 Å². The average Bonchev–Trinajstić information content (AvgIpc) is 2.98. The van der Waals surface area contributed by atoms with E-state index < -0.39 is 10.0 Å². The van der Waals surface area contributed by atoms with Crippen LogP contribution in [0.4, 0.5) is 0 Å². The fraction of sp³-hybridized carbons (Fsp3) is 0.524. The summed E-state index contributed by atoms with van der Waals surface area (Å²) in [5.41, 5.74) is 3.32. The fourth-order valence-corrected chi connectivity index (χ4v) is 5.61. The van der Waals surface area contributed by atoms with E-state index in [-0.39, 0.29) is 11.9 Å². The second-order valence-corrected chi connectivity index (χ2v) is 9.86. The summed E-state index contributed by atoms with van der Waals surface area (Å²) in [5.74, 6) is 0.0332. The number of piperazine rings is 1. The maximum atomic E-state index is 13.2. The van der Waals surface area contributed by atoms with Crippen molar-refractivity contribution in [1.29, 1.82) is 0 Å². The first-order valence-corrected chi connectivity index (χ1v) is 11.4. The number of sulfonamides is 1. The van der Waals surface area contributed by atoms with E-state index in [9.17, 15) is 13.2 Å². The lowest BCUT2D eigenvalue weighted by Gasteiger charge is -2.34. The molecule has 1 fully saturated rings. The summed E-state index contributed by atoms with van der Waals surface area (Å²) < 4.78 is 29.7. The van der Waals surface area contributed by atoms with Crippen molar-refractivity contribution in [2.45, 2.75) is 52.0 Å². The Morgan fingerprint density at radius 3 is 2.14 bits per heavy atom. The summed E-state index contributed by atoms with van der Waals surface area (Å²) >= 11 is 0. The number of aromatic nitrogens is 2. The van der Waals surface area contributed by atoms with E-state index in [0.29, 0.717) is 48.9 Å². The van der Waals surface area contributed by atoms with Crippen molar-refractivity contribution in [3.05, 3.63) is 46.8 Å². The van der Waals surface area contributed by atoms with Crippen LogP contribution >= 0.6 is 0 Å². The third-order valence-corrected chi connectivity index (χ3v) is 7.56. The molecule has 158 valence electrons. The van der Waals surface area contributed by atoms with Crippen molar-refractivity contribution in [2.75, 3.05) is 26.2 Å². The zero-order valence-electron chi connectivity index (χ0n) is 17.8. The molecule has 1 aromatic heterocycles. The van der Waals surface area contributed by atoms with Crippen molar-refractivity contribution in [1.82, 2.24) is 19.0 Å². The van der Waals surface area contributed by atoms with Crippen LogP contribution in [0.5, 0.6) is 0 Å². The van der Waals surface area contributed by atoms with Gasteiger partial charge in [-0.25, -0.2) is 8.42 Å². The Kier molecular flexibility index (Phi) is 6.14. The van der Waals surface area contributed by atoms with Gasteiger partial charge in [0.15, 0.2) is 0 Å². The van der Waals surface area contributed by atoms with Gasteiger partial charge in [0.05, 0.1) is 17.8 Å². The van der Waals surface area contributed by atoms with Gasteiger partial charge in [0.2, 0.25) is 15.9 Å². The van der Waals surface area contributed by atoms with Gasteiger partial charge in [-0.2, -0.15) is 9.40 Å². The van der Waals surface area contributed by atoms with Crippen LogP contribution in [0, 0.1) is 20.8 Å². The maximum Gasteiger partial charge on any atom is 0.246 e. The van der Waals surface area contributed by atoms with Crippen molar-refractivity contribution >= 4 is 15.9 Å². The molecule has 0 unspecified atom stereocenters. The monoisotopic (exact) mass is 418 g/mol. The van der Waals surface area contributed by atoms with E-state index >= 15 is 0 Å². The number of carbonyl (C=O) groups excluding carboxylic acids is 1. The van der Waals surface area contributed by atoms with Crippen LogP contribution in [-0.2, 0) is 21.2 Å². The molecule has 0 radical (unpaired) electrons. The molecule has 0 saturated carbocycles. The van der Waals surface area contributed by atoms with E-state index in [1.165, 1.54) is 4.31 Å². The lowest BCUT2D eigenvalue weighted by molar-refractivity contribution is -0.131. The summed E-state index contributed by atoms with van der Waals surface area (Å²) in [6.45, 7) is 10.9. The van der Waals surface area contributed by atoms with Gasteiger partial charge in [-0.05, 0) is 40.2 Å². The molecule has 0 bridgehead atoms. The van der Waals surface area contributed by atoms with Crippen LogP contribution in [0.2, 0.25) is 0 Å². The Bertz CT molecular complexity index is 986. The molecule has 1 aliphatic heterocycles. The fourth-order valence-electron chi connectivity index (χ4n) is 3.82. The zero-order chi connectivity index (χ0) is 21.3. The van der Waals surface area contributed by atoms with Gasteiger partial charge in [-0.1, -0.05) is 29.8 Å².